The largest absolute Gasteiger partial charge is 0.494 e. The molecule has 2 N–H and O–H groups in total. The highest BCUT2D eigenvalue weighted by molar-refractivity contribution is 7.15. The van der Waals surface area contributed by atoms with Crippen molar-refractivity contribution in [2.45, 2.75) is 52.1 Å². The number of ether oxygens (including phenoxy) is 1. The van der Waals surface area contributed by atoms with Crippen LogP contribution in [0.2, 0.25) is 0 Å². The zero-order valence-corrected chi connectivity index (χ0v) is 20.9. The van der Waals surface area contributed by atoms with Gasteiger partial charge in [0.05, 0.1) is 17.7 Å². The Labute approximate surface area is 210 Å². The second-order valence-corrected chi connectivity index (χ2v) is 9.54. The molecule has 36 heavy (non-hydrogen) atoms. The van der Waals surface area contributed by atoms with Crippen molar-refractivity contribution in [2.75, 3.05) is 6.61 Å². The van der Waals surface area contributed by atoms with E-state index in [9.17, 15) is 18.0 Å². The molecule has 0 saturated carbocycles. The van der Waals surface area contributed by atoms with Crippen LogP contribution in [0.15, 0.2) is 47.5 Å². The number of aromatic amines is 2. The lowest BCUT2D eigenvalue weighted by atomic mass is 9.99. The van der Waals surface area contributed by atoms with Crippen molar-refractivity contribution in [2.24, 2.45) is 0 Å². The average molecular weight is 517 g/mol. The number of aromatic nitrogens is 4. The lowest BCUT2D eigenvalue weighted by Crippen LogP contribution is -2.14. The molecule has 6 nitrogen and oxygen atoms in total. The highest BCUT2D eigenvalue weighted by atomic mass is 32.1. The van der Waals surface area contributed by atoms with Crippen LogP contribution in [0.3, 0.4) is 0 Å². The van der Waals surface area contributed by atoms with Gasteiger partial charge in [-0.1, -0.05) is 33.1 Å². The van der Waals surface area contributed by atoms with E-state index in [2.05, 4.69) is 27.1 Å². The molecule has 0 bridgehead atoms. The van der Waals surface area contributed by atoms with Crippen LogP contribution >= 0.6 is 11.3 Å². The Morgan fingerprint density at radius 1 is 1.03 bits per heavy atom. The van der Waals surface area contributed by atoms with Crippen LogP contribution in [0.25, 0.3) is 33.1 Å². The number of pyridine rings is 1. The normalized spacial score (nSPS) is 11.7. The molecule has 0 fully saturated rings. The quantitative estimate of drug-likeness (QED) is 0.220. The van der Waals surface area contributed by atoms with Crippen molar-refractivity contribution in [1.82, 2.24) is 20.2 Å². The number of hydrogen-bond donors (Lipinski definition) is 2. The standard InChI is InChI=1S/C26H27F3N4O2S/c1-3-5-6-7-12-35-16-8-10-18(20(13-16)26(27,28)29)21-14-19(22-11-9-17(4-2)36-22)23(25(34)32-21)24-30-15-31-33-24/h8-11,13-15H,3-7,12H2,1-2H3,(H,32,34)(H,30,31,33). The van der Waals surface area contributed by atoms with Crippen LogP contribution in [0.5, 0.6) is 5.75 Å². The zero-order chi connectivity index (χ0) is 25.7. The van der Waals surface area contributed by atoms with Gasteiger partial charge in [0.1, 0.15) is 12.1 Å². The summed E-state index contributed by atoms with van der Waals surface area (Å²) in [7, 11) is 0. The van der Waals surface area contributed by atoms with E-state index in [1.54, 1.807) is 6.07 Å². The molecule has 190 valence electrons. The fourth-order valence-electron chi connectivity index (χ4n) is 3.97. The van der Waals surface area contributed by atoms with Crippen LogP contribution in [0.1, 0.15) is 50.0 Å². The van der Waals surface area contributed by atoms with Gasteiger partial charge in [-0.3, -0.25) is 9.89 Å². The molecule has 3 aromatic heterocycles. The van der Waals surface area contributed by atoms with Crippen molar-refractivity contribution in [1.29, 1.82) is 0 Å². The van der Waals surface area contributed by atoms with E-state index < -0.39 is 17.3 Å². The number of aryl methyl sites for hydroxylation is 1. The molecular formula is C26H27F3N4O2S. The molecule has 0 radical (unpaired) electrons. The predicted octanol–water partition coefficient (Wildman–Crippen LogP) is 7.10. The van der Waals surface area contributed by atoms with E-state index in [1.165, 1.54) is 29.8 Å². The van der Waals surface area contributed by atoms with Gasteiger partial charge >= 0.3 is 6.18 Å². The number of alkyl halides is 3. The Kier molecular flexibility index (Phi) is 7.93. The number of hydrogen-bond acceptors (Lipinski definition) is 5. The first-order valence-electron chi connectivity index (χ1n) is 11.9. The summed E-state index contributed by atoms with van der Waals surface area (Å²) < 4.78 is 47.9. The molecule has 0 unspecified atom stereocenters. The van der Waals surface area contributed by atoms with E-state index >= 15 is 0 Å². The summed E-state index contributed by atoms with van der Waals surface area (Å²) in [6, 6.07) is 9.23. The maximum atomic E-state index is 14.1. The molecule has 0 amide bonds. The minimum atomic E-state index is -4.64. The lowest BCUT2D eigenvalue weighted by molar-refractivity contribution is -0.137. The third-order valence-electron chi connectivity index (χ3n) is 5.81. The van der Waals surface area contributed by atoms with Crippen LogP contribution in [-0.2, 0) is 12.6 Å². The summed E-state index contributed by atoms with van der Waals surface area (Å²) in [5, 5.41) is 6.51. The number of halogens is 3. The lowest BCUT2D eigenvalue weighted by Gasteiger charge is -2.16. The SMILES string of the molecule is CCCCCCOc1ccc(-c2cc(-c3ccc(CC)s3)c(-c3ncn[nH]3)c(=O)[nH]2)c(C(F)(F)F)c1. The molecule has 0 aliphatic rings. The van der Waals surface area contributed by atoms with Crippen LogP contribution < -0.4 is 10.3 Å². The summed E-state index contributed by atoms with van der Waals surface area (Å²) in [5.41, 5.74) is -0.791. The minimum absolute atomic E-state index is 0.0616. The maximum absolute atomic E-state index is 14.1. The van der Waals surface area contributed by atoms with Crippen molar-refractivity contribution < 1.29 is 17.9 Å². The van der Waals surface area contributed by atoms with Gasteiger partial charge in [-0.15, -0.1) is 11.3 Å². The molecule has 0 spiro atoms. The fraction of sp³-hybridized carbons (Fsp3) is 0.346. The van der Waals surface area contributed by atoms with Gasteiger partial charge in [0.15, 0.2) is 5.82 Å². The molecule has 0 aliphatic heterocycles. The summed E-state index contributed by atoms with van der Waals surface area (Å²) in [6.07, 6.45) is 1.29. The Hall–Kier alpha value is -3.40. The second-order valence-electron chi connectivity index (χ2n) is 8.37. The molecule has 0 aliphatic carbocycles. The molecular weight excluding hydrogens is 489 g/mol. The molecule has 3 heterocycles. The molecule has 0 atom stereocenters. The number of rotatable bonds is 10. The Balaban J connectivity index is 1.79. The number of unbranched alkanes of at least 4 members (excludes halogenated alkanes) is 3. The van der Waals surface area contributed by atoms with Gasteiger partial charge in [-0.25, -0.2) is 4.98 Å². The fourth-order valence-corrected chi connectivity index (χ4v) is 4.94. The zero-order valence-electron chi connectivity index (χ0n) is 20.0. The minimum Gasteiger partial charge on any atom is -0.494 e. The van der Waals surface area contributed by atoms with Gasteiger partial charge in [-0.2, -0.15) is 18.3 Å². The van der Waals surface area contributed by atoms with E-state index in [0.29, 0.717) is 12.2 Å². The number of thiophene rings is 1. The Morgan fingerprint density at radius 2 is 1.86 bits per heavy atom. The predicted molar refractivity (Wildman–Crippen MR) is 135 cm³/mol. The van der Waals surface area contributed by atoms with Crippen molar-refractivity contribution >= 4 is 11.3 Å². The van der Waals surface area contributed by atoms with E-state index in [1.807, 2.05) is 19.1 Å². The first-order chi connectivity index (χ1) is 17.3. The van der Waals surface area contributed by atoms with Crippen molar-refractivity contribution in [3.05, 3.63) is 63.5 Å². The number of benzene rings is 1. The first kappa shape index (κ1) is 25.7. The topological polar surface area (TPSA) is 83.7 Å². The summed E-state index contributed by atoms with van der Waals surface area (Å²) in [4.78, 5) is 21.8. The van der Waals surface area contributed by atoms with Crippen LogP contribution in [0, 0.1) is 0 Å². The smallest absolute Gasteiger partial charge is 0.417 e. The molecule has 4 rings (SSSR count). The molecule has 0 saturated heterocycles. The number of nitrogens with zero attached hydrogens (tertiary/aromatic N) is 2. The second kappa shape index (κ2) is 11.1. The number of H-pyrrole nitrogens is 2. The average Bonchev–Trinajstić information content (AvgIpc) is 3.55. The first-order valence-corrected chi connectivity index (χ1v) is 12.7. The third-order valence-corrected chi connectivity index (χ3v) is 7.08. The van der Waals surface area contributed by atoms with Crippen LogP contribution in [-0.4, -0.2) is 26.8 Å². The monoisotopic (exact) mass is 516 g/mol. The highest BCUT2D eigenvalue weighted by Crippen LogP contribution is 2.41. The summed E-state index contributed by atoms with van der Waals surface area (Å²) >= 11 is 1.48. The van der Waals surface area contributed by atoms with Crippen LogP contribution in [0.4, 0.5) is 13.2 Å². The number of nitrogens with one attached hydrogen (secondary N) is 2. The van der Waals surface area contributed by atoms with Gasteiger partial charge < -0.3 is 9.72 Å². The van der Waals surface area contributed by atoms with Gasteiger partial charge in [0, 0.05) is 26.6 Å². The third kappa shape index (κ3) is 5.70. The maximum Gasteiger partial charge on any atom is 0.417 e. The van der Waals surface area contributed by atoms with Gasteiger partial charge in [0.25, 0.3) is 5.56 Å². The van der Waals surface area contributed by atoms with E-state index in [-0.39, 0.29) is 28.4 Å². The van der Waals surface area contributed by atoms with E-state index in [0.717, 1.165) is 47.9 Å². The molecule has 4 aromatic rings. The Morgan fingerprint density at radius 3 is 2.53 bits per heavy atom. The molecule has 10 heteroatoms. The van der Waals surface area contributed by atoms with Gasteiger partial charge in [-0.05, 0) is 49.2 Å². The van der Waals surface area contributed by atoms with Gasteiger partial charge in [0.2, 0.25) is 0 Å². The summed E-state index contributed by atoms with van der Waals surface area (Å²) in [6.45, 7) is 4.45. The summed E-state index contributed by atoms with van der Waals surface area (Å²) in [5.74, 6) is 0.390. The van der Waals surface area contributed by atoms with Crippen molar-refractivity contribution in [3.8, 4) is 38.8 Å². The van der Waals surface area contributed by atoms with E-state index in [4.69, 9.17) is 4.74 Å². The Bertz CT molecular complexity index is 1360. The molecule has 1 aromatic carbocycles. The highest BCUT2D eigenvalue weighted by Gasteiger charge is 2.35. The van der Waals surface area contributed by atoms with Crippen molar-refractivity contribution in [3.63, 3.8) is 0 Å².